The molecule has 1 fully saturated rings. The van der Waals surface area contributed by atoms with E-state index in [4.69, 9.17) is 9.94 Å². The number of nitrogens with one attached hydrogen (secondary N) is 2. The number of aromatic nitrogens is 2. The molecular weight excluding hydrogens is 396 g/mol. The minimum atomic E-state index is -0.336. The number of hydrogen-bond acceptors (Lipinski definition) is 7. The molecule has 0 saturated carbocycles. The van der Waals surface area contributed by atoms with E-state index in [1.165, 1.54) is 0 Å². The highest BCUT2D eigenvalue weighted by atomic mass is 16.7. The summed E-state index contributed by atoms with van der Waals surface area (Å²) in [6, 6.07) is 11.4. The molecule has 160 valence electrons. The van der Waals surface area contributed by atoms with Crippen LogP contribution < -0.4 is 10.8 Å². The third kappa shape index (κ3) is 3.90. The summed E-state index contributed by atoms with van der Waals surface area (Å²) in [6.07, 6.45) is 3.05. The first-order chi connectivity index (χ1) is 15.1. The highest BCUT2D eigenvalue weighted by Gasteiger charge is 2.30. The Balaban J connectivity index is 1.30. The first-order valence-electron chi connectivity index (χ1n) is 10.3. The number of nitrogens with zero attached hydrogens (tertiary/aromatic N) is 4. The molecule has 9 heteroatoms. The molecule has 1 amide bonds. The van der Waals surface area contributed by atoms with Crippen molar-refractivity contribution in [2.45, 2.75) is 13.1 Å². The Bertz CT molecular complexity index is 1150. The van der Waals surface area contributed by atoms with Gasteiger partial charge in [0.2, 0.25) is 5.90 Å². The van der Waals surface area contributed by atoms with Gasteiger partial charge >= 0.3 is 0 Å². The smallest absolute Gasteiger partial charge is 0.274 e. The Kier molecular flexibility index (Phi) is 5.14. The fourth-order valence-electron chi connectivity index (χ4n) is 3.88. The van der Waals surface area contributed by atoms with Crippen LogP contribution in [0.4, 0.5) is 5.69 Å². The molecule has 5 rings (SSSR count). The number of hydrogen-bond donors (Lipinski definition) is 3. The van der Waals surface area contributed by atoms with Gasteiger partial charge in [-0.05, 0) is 36.2 Å². The third-order valence-electron chi connectivity index (χ3n) is 5.69. The van der Waals surface area contributed by atoms with Gasteiger partial charge in [0.25, 0.3) is 5.91 Å². The standard InChI is InChI=1S/C22H24N6O3/c1-14-5-6-16(21-25-20(31-26-21)12-27-10-15(11-27)13-29)8-17(14)24-22(30)18-9-23-19-4-2-3-7-28(18)19/h2-9,15,21,26,29H,10-13H2,1H3,(H,24,30). The number of fused-ring (bicyclic) bond motifs is 1. The molecular formula is C22H24N6O3. The maximum Gasteiger partial charge on any atom is 0.274 e. The highest BCUT2D eigenvalue weighted by Crippen LogP contribution is 2.26. The fourth-order valence-corrected chi connectivity index (χ4v) is 3.88. The molecule has 1 atom stereocenters. The largest absolute Gasteiger partial charge is 0.396 e. The van der Waals surface area contributed by atoms with Crippen molar-refractivity contribution in [3.05, 3.63) is 65.6 Å². The molecule has 3 aromatic rings. The summed E-state index contributed by atoms with van der Waals surface area (Å²) < 4.78 is 1.76. The molecule has 2 aliphatic heterocycles. The van der Waals surface area contributed by atoms with E-state index in [9.17, 15) is 4.79 Å². The Hall–Kier alpha value is -3.27. The van der Waals surface area contributed by atoms with Gasteiger partial charge in [0.1, 0.15) is 11.3 Å². The number of imidazole rings is 1. The van der Waals surface area contributed by atoms with Crippen molar-refractivity contribution < 1.29 is 14.7 Å². The summed E-state index contributed by atoms with van der Waals surface area (Å²) in [7, 11) is 0. The van der Waals surface area contributed by atoms with Crippen LogP contribution >= 0.6 is 0 Å². The number of aliphatic hydroxyl groups is 1. The number of pyridine rings is 1. The van der Waals surface area contributed by atoms with Gasteiger partial charge < -0.3 is 15.3 Å². The van der Waals surface area contributed by atoms with Gasteiger partial charge in [-0.15, -0.1) is 5.48 Å². The summed E-state index contributed by atoms with van der Waals surface area (Å²) in [6.45, 7) is 4.49. The van der Waals surface area contributed by atoms with Crippen molar-refractivity contribution in [1.82, 2.24) is 19.8 Å². The first kappa shape index (κ1) is 19.7. The lowest BCUT2D eigenvalue weighted by Gasteiger charge is -2.37. The number of rotatable bonds is 6. The Morgan fingerprint density at radius 3 is 3.03 bits per heavy atom. The summed E-state index contributed by atoms with van der Waals surface area (Å²) in [5, 5.41) is 12.1. The fraction of sp³-hybridized carbons (Fsp3) is 0.318. The van der Waals surface area contributed by atoms with E-state index in [1.807, 2.05) is 49.5 Å². The van der Waals surface area contributed by atoms with Crippen molar-refractivity contribution >= 4 is 23.1 Å². The predicted octanol–water partition coefficient (Wildman–Crippen LogP) is 1.75. The van der Waals surface area contributed by atoms with Gasteiger partial charge in [-0.3, -0.25) is 14.1 Å². The molecule has 2 aromatic heterocycles. The molecule has 0 radical (unpaired) electrons. The first-order valence-corrected chi connectivity index (χ1v) is 10.3. The van der Waals surface area contributed by atoms with E-state index in [0.29, 0.717) is 29.7 Å². The zero-order valence-corrected chi connectivity index (χ0v) is 17.2. The van der Waals surface area contributed by atoms with E-state index in [2.05, 4.69) is 25.7 Å². The van der Waals surface area contributed by atoms with Crippen molar-refractivity contribution in [3.63, 3.8) is 0 Å². The predicted molar refractivity (Wildman–Crippen MR) is 116 cm³/mol. The summed E-state index contributed by atoms with van der Waals surface area (Å²) in [4.78, 5) is 29.5. The second kappa shape index (κ2) is 8.10. The molecule has 2 aliphatic rings. The number of benzene rings is 1. The lowest BCUT2D eigenvalue weighted by atomic mass is 10.0. The maximum absolute atomic E-state index is 12.9. The van der Waals surface area contributed by atoms with Crippen molar-refractivity contribution in [3.8, 4) is 0 Å². The number of anilines is 1. The normalized spacial score (nSPS) is 19.2. The van der Waals surface area contributed by atoms with E-state index >= 15 is 0 Å². The molecule has 3 N–H and O–H groups in total. The molecule has 31 heavy (non-hydrogen) atoms. The number of aliphatic imine (C=N–C) groups is 1. The van der Waals surface area contributed by atoms with Crippen LogP contribution in [0.15, 0.2) is 53.8 Å². The zero-order chi connectivity index (χ0) is 21.4. The SMILES string of the molecule is Cc1ccc(C2N=C(CN3CC(CO)C3)ON2)cc1NC(=O)c1cnc2ccccn12. The van der Waals surface area contributed by atoms with Crippen LogP contribution in [0, 0.1) is 12.8 Å². The third-order valence-corrected chi connectivity index (χ3v) is 5.69. The molecule has 1 saturated heterocycles. The van der Waals surface area contributed by atoms with Gasteiger partial charge in [0.15, 0.2) is 6.17 Å². The van der Waals surface area contributed by atoms with Gasteiger partial charge in [-0.2, -0.15) is 0 Å². The van der Waals surface area contributed by atoms with Crippen LogP contribution in [0.1, 0.15) is 27.8 Å². The minimum absolute atomic E-state index is 0.220. The minimum Gasteiger partial charge on any atom is -0.396 e. The van der Waals surface area contributed by atoms with Gasteiger partial charge in [0.05, 0.1) is 12.7 Å². The highest BCUT2D eigenvalue weighted by molar-refractivity contribution is 6.04. The van der Waals surface area contributed by atoms with Crippen LogP contribution in [0.2, 0.25) is 0 Å². The Morgan fingerprint density at radius 1 is 1.32 bits per heavy atom. The van der Waals surface area contributed by atoms with Crippen LogP contribution in [-0.2, 0) is 4.84 Å². The number of aryl methyl sites for hydroxylation is 1. The number of hydroxylamine groups is 1. The van der Waals surface area contributed by atoms with Crippen LogP contribution in [0.5, 0.6) is 0 Å². The molecule has 9 nitrogen and oxygen atoms in total. The van der Waals surface area contributed by atoms with E-state index in [0.717, 1.165) is 29.9 Å². The van der Waals surface area contributed by atoms with Gasteiger partial charge in [-0.1, -0.05) is 18.2 Å². The molecule has 1 aromatic carbocycles. The Morgan fingerprint density at radius 2 is 2.19 bits per heavy atom. The van der Waals surface area contributed by atoms with E-state index < -0.39 is 0 Å². The number of carbonyl (C=O) groups is 1. The lowest BCUT2D eigenvalue weighted by Crippen LogP contribution is -2.50. The molecule has 1 unspecified atom stereocenters. The van der Waals surface area contributed by atoms with Crippen molar-refractivity contribution in [1.29, 1.82) is 0 Å². The molecule has 0 spiro atoms. The zero-order valence-electron chi connectivity index (χ0n) is 17.2. The Labute approximate surface area is 179 Å². The number of aliphatic hydroxyl groups excluding tert-OH is 1. The number of carbonyl (C=O) groups excluding carboxylic acids is 1. The number of amides is 1. The van der Waals surface area contributed by atoms with Crippen molar-refractivity contribution in [2.24, 2.45) is 10.9 Å². The van der Waals surface area contributed by atoms with Crippen molar-refractivity contribution in [2.75, 3.05) is 31.6 Å². The average molecular weight is 420 g/mol. The van der Waals surface area contributed by atoms with E-state index in [-0.39, 0.29) is 18.7 Å². The second-order valence-electron chi connectivity index (χ2n) is 7.99. The maximum atomic E-state index is 12.9. The molecule has 0 aliphatic carbocycles. The van der Waals surface area contributed by atoms with Gasteiger partial charge in [0, 0.05) is 37.5 Å². The van der Waals surface area contributed by atoms with Crippen LogP contribution in [0.3, 0.4) is 0 Å². The van der Waals surface area contributed by atoms with E-state index in [1.54, 1.807) is 10.6 Å². The molecule has 0 bridgehead atoms. The summed E-state index contributed by atoms with van der Waals surface area (Å²) in [5.74, 6) is 0.746. The molecule has 4 heterocycles. The average Bonchev–Trinajstić information content (AvgIpc) is 3.39. The topological polar surface area (TPSA) is 103 Å². The quantitative estimate of drug-likeness (QED) is 0.561. The summed E-state index contributed by atoms with van der Waals surface area (Å²) in [5.41, 5.74) is 6.70. The summed E-state index contributed by atoms with van der Waals surface area (Å²) >= 11 is 0. The van der Waals surface area contributed by atoms with Crippen LogP contribution in [0.25, 0.3) is 5.65 Å². The van der Waals surface area contributed by atoms with Gasteiger partial charge in [-0.25, -0.2) is 9.98 Å². The lowest BCUT2D eigenvalue weighted by molar-refractivity contribution is 0.0597. The second-order valence-corrected chi connectivity index (χ2v) is 7.99. The number of likely N-dealkylation sites (tertiary alicyclic amines) is 1. The monoisotopic (exact) mass is 420 g/mol. The van der Waals surface area contributed by atoms with Crippen LogP contribution in [-0.4, -0.2) is 57.4 Å².